The van der Waals surface area contributed by atoms with E-state index in [0.29, 0.717) is 6.61 Å². The molecule has 1 aromatic heterocycles. The van der Waals surface area contributed by atoms with Crippen molar-refractivity contribution >= 4 is 6.09 Å². The molecule has 1 amide bonds. The molecule has 1 fully saturated rings. The van der Waals surface area contributed by atoms with E-state index in [1.54, 1.807) is 10.9 Å². The summed E-state index contributed by atoms with van der Waals surface area (Å²) < 4.78 is 6.57. The monoisotopic (exact) mass is 181 g/mol. The summed E-state index contributed by atoms with van der Waals surface area (Å²) in [5.74, 6) is 0. The number of aryl methyl sites for hydroxylation is 1. The number of hydrogen-bond donors (Lipinski definition) is 1. The molecule has 0 aliphatic carbocycles. The number of hydrogen-bond acceptors (Lipinski definition) is 3. The molecule has 1 atom stereocenters. The number of rotatable bonds is 1. The number of ether oxygens (including phenoxy) is 1. The largest absolute Gasteiger partial charge is 0.447 e. The van der Waals surface area contributed by atoms with Crippen molar-refractivity contribution in [2.75, 3.05) is 6.61 Å². The van der Waals surface area contributed by atoms with Crippen LogP contribution in [0.4, 0.5) is 4.79 Å². The van der Waals surface area contributed by atoms with Crippen LogP contribution in [-0.4, -0.2) is 22.5 Å². The van der Waals surface area contributed by atoms with Gasteiger partial charge in [-0.2, -0.15) is 5.10 Å². The molecule has 2 rings (SSSR count). The number of carbonyl (C=O) groups excluding carboxylic acids is 1. The van der Waals surface area contributed by atoms with E-state index >= 15 is 0 Å². The van der Waals surface area contributed by atoms with Crippen molar-refractivity contribution in [3.8, 4) is 0 Å². The molecule has 0 spiro atoms. The topological polar surface area (TPSA) is 56.1 Å². The molecule has 2 heterocycles. The third-order valence-corrected chi connectivity index (χ3v) is 2.32. The Morgan fingerprint density at radius 1 is 1.77 bits per heavy atom. The molecule has 0 radical (unpaired) electrons. The smallest absolute Gasteiger partial charge is 0.407 e. The number of carbonyl (C=O) groups is 1. The van der Waals surface area contributed by atoms with Gasteiger partial charge in [-0.3, -0.25) is 4.68 Å². The molecule has 1 saturated heterocycles. The van der Waals surface area contributed by atoms with Crippen LogP contribution >= 0.6 is 0 Å². The predicted molar refractivity (Wildman–Crippen MR) is 45.2 cm³/mol. The maximum atomic E-state index is 10.8. The van der Waals surface area contributed by atoms with Gasteiger partial charge in [-0.1, -0.05) is 0 Å². The predicted octanol–water partition coefficient (Wildman–Crippen LogP) is 0.509. The first kappa shape index (κ1) is 8.10. The van der Waals surface area contributed by atoms with E-state index in [1.165, 1.54) is 0 Å². The molecule has 1 unspecified atom stereocenters. The molecule has 1 N–H and O–H groups in total. The molecule has 13 heavy (non-hydrogen) atoms. The summed E-state index contributed by atoms with van der Waals surface area (Å²) in [6.07, 6.45) is 1.41. The van der Waals surface area contributed by atoms with Gasteiger partial charge in [0.2, 0.25) is 0 Å². The average Bonchev–Trinajstić information content (AvgIpc) is 2.62. The van der Waals surface area contributed by atoms with Crippen molar-refractivity contribution < 1.29 is 9.53 Å². The van der Waals surface area contributed by atoms with Gasteiger partial charge in [0.05, 0.1) is 12.2 Å². The lowest BCUT2D eigenvalue weighted by Gasteiger charge is -2.05. The molecule has 1 aromatic rings. The van der Waals surface area contributed by atoms with Gasteiger partial charge in [-0.25, -0.2) is 4.79 Å². The van der Waals surface area contributed by atoms with Gasteiger partial charge in [0.15, 0.2) is 0 Å². The Kier molecular flexibility index (Phi) is 1.72. The van der Waals surface area contributed by atoms with Crippen LogP contribution in [0.25, 0.3) is 0 Å². The van der Waals surface area contributed by atoms with Gasteiger partial charge in [-0.05, 0) is 6.92 Å². The SMILES string of the molecule is Cc1c(C2COC(=O)N2)cnn1C. The van der Waals surface area contributed by atoms with Crippen molar-refractivity contribution in [2.24, 2.45) is 7.05 Å². The van der Waals surface area contributed by atoms with Crippen molar-refractivity contribution in [1.29, 1.82) is 0 Å². The van der Waals surface area contributed by atoms with Gasteiger partial charge in [0.1, 0.15) is 6.61 Å². The van der Waals surface area contributed by atoms with Crippen molar-refractivity contribution in [3.63, 3.8) is 0 Å². The van der Waals surface area contributed by atoms with Gasteiger partial charge < -0.3 is 10.1 Å². The third-order valence-electron chi connectivity index (χ3n) is 2.32. The Bertz CT molecular complexity index is 345. The van der Waals surface area contributed by atoms with E-state index in [0.717, 1.165) is 11.3 Å². The van der Waals surface area contributed by atoms with Crippen molar-refractivity contribution in [1.82, 2.24) is 15.1 Å². The molecule has 5 nitrogen and oxygen atoms in total. The fourth-order valence-electron chi connectivity index (χ4n) is 1.41. The lowest BCUT2D eigenvalue weighted by Crippen LogP contribution is -2.18. The summed E-state index contributed by atoms with van der Waals surface area (Å²) in [7, 11) is 1.87. The van der Waals surface area contributed by atoms with E-state index in [1.807, 2.05) is 14.0 Å². The number of amides is 1. The highest BCUT2D eigenvalue weighted by Gasteiger charge is 2.26. The summed E-state index contributed by atoms with van der Waals surface area (Å²) in [6, 6.07) is -0.0406. The molecule has 1 aliphatic heterocycles. The Balaban J connectivity index is 2.26. The first-order valence-corrected chi connectivity index (χ1v) is 4.10. The van der Waals surface area contributed by atoms with Crippen LogP contribution in [0.3, 0.4) is 0 Å². The Morgan fingerprint density at radius 3 is 3.00 bits per heavy atom. The second-order valence-electron chi connectivity index (χ2n) is 3.10. The second kappa shape index (κ2) is 2.76. The van der Waals surface area contributed by atoms with E-state index in [4.69, 9.17) is 4.74 Å². The first-order valence-electron chi connectivity index (χ1n) is 4.10. The zero-order valence-electron chi connectivity index (χ0n) is 7.57. The quantitative estimate of drug-likeness (QED) is 0.686. The van der Waals surface area contributed by atoms with Crippen LogP contribution in [-0.2, 0) is 11.8 Å². The van der Waals surface area contributed by atoms with Crippen LogP contribution in [0.5, 0.6) is 0 Å². The van der Waals surface area contributed by atoms with E-state index in [9.17, 15) is 4.79 Å². The van der Waals surface area contributed by atoms with Crippen LogP contribution in [0, 0.1) is 6.92 Å². The summed E-state index contributed by atoms with van der Waals surface area (Å²) in [6.45, 7) is 2.36. The maximum Gasteiger partial charge on any atom is 0.407 e. The zero-order valence-corrected chi connectivity index (χ0v) is 7.57. The highest BCUT2D eigenvalue weighted by molar-refractivity contribution is 5.70. The number of cyclic esters (lactones) is 1. The molecule has 1 aliphatic rings. The van der Waals surface area contributed by atoms with Gasteiger partial charge in [0.25, 0.3) is 0 Å². The summed E-state index contributed by atoms with van der Waals surface area (Å²) in [4.78, 5) is 10.8. The highest BCUT2D eigenvalue weighted by atomic mass is 16.6. The average molecular weight is 181 g/mol. The normalized spacial score (nSPS) is 21.4. The molecule has 0 saturated carbocycles. The lowest BCUT2D eigenvalue weighted by molar-refractivity contribution is 0.177. The van der Waals surface area contributed by atoms with E-state index < -0.39 is 0 Å². The minimum absolute atomic E-state index is 0.0406. The number of aromatic nitrogens is 2. The summed E-state index contributed by atoms with van der Waals surface area (Å²) in [5.41, 5.74) is 2.07. The zero-order chi connectivity index (χ0) is 9.42. The van der Waals surface area contributed by atoms with E-state index in [2.05, 4.69) is 10.4 Å². The summed E-state index contributed by atoms with van der Waals surface area (Å²) >= 11 is 0. The molecule has 5 heteroatoms. The third kappa shape index (κ3) is 1.26. The van der Waals surface area contributed by atoms with Gasteiger partial charge >= 0.3 is 6.09 Å². The maximum absolute atomic E-state index is 10.8. The Morgan fingerprint density at radius 2 is 2.54 bits per heavy atom. The molecule has 0 bridgehead atoms. The lowest BCUT2D eigenvalue weighted by atomic mass is 10.1. The molecular weight excluding hydrogens is 170 g/mol. The van der Waals surface area contributed by atoms with Gasteiger partial charge in [0, 0.05) is 18.3 Å². The minimum atomic E-state index is -0.353. The van der Waals surface area contributed by atoms with Crippen molar-refractivity contribution in [2.45, 2.75) is 13.0 Å². The minimum Gasteiger partial charge on any atom is -0.447 e. The number of nitrogens with zero attached hydrogens (tertiary/aromatic N) is 2. The standard InChI is InChI=1S/C8H11N3O2/c1-5-6(3-9-11(5)2)7-4-13-8(12)10-7/h3,7H,4H2,1-2H3,(H,10,12). The number of alkyl carbamates (subject to hydrolysis) is 1. The van der Waals surface area contributed by atoms with Crippen LogP contribution in [0.1, 0.15) is 17.3 Å². The Labute approximate surface area is 75.7 Å². The number of nitrogens with one attached hydrogen (secondary N) is 1. The van der Waals surface area contributed by atoms with Crippen LogP contribution in [0.15, 0.2) is 6.20 Å². The molecule has 0 aromatic carbocycles. The molecular formula is C8H11N3O2. The highest BCUT2D eigenvalue weighted by Crippen LogP contribution is 2.20. The van der Waals surface area contributed by atoms with Crippen molar-refractivity contribution in [3.05, 3.63) is 17.5 Å². The fourth-order valence-corrected chi connectivity index (χ4v) is 1.41. The summed E-state index contributed by atoms with van der Waals surface area (Å²) in [5, 5.41) is 6.81. The van der Waals surface area contributed by atoms with E-state index in [-0.39, 0.29) is 12.1 Å². The van der Waals surface area contributed by atoms with Crippen LogP contribution in [0.2, 0.25) is 0 Å². The fraction of sp³-hybridized carbons (Fsp3) is 0.500. The van der Waals surface area contributed by atoms with Gasteiger partial charge in [-0.15, -0.1) is 0 Å². The molecule has 70 valence electrons. The second-order valence-corrected chi connectivity index (χ2v) is 3.10. The Hall–Kier alpha value is -1.52. The van der Waals surface area contributed by atoms with Crippen LogP contribution < -0.4 is 5.32 Å². The first-order chi connectivity index (χ1) is 6.18.